The lowest BCUT2D eigenvalue weighted by Crippen LogP contribution is -2.34. The van der Waals surface area contributed by atoms with E-state index in [9.17, 15) is 0 Å². The molecule has 1 aliphatic rings. The van der Waals surface area contributed by atoms with Crippen molar-refractivity contribution in [3.05, 3.63) is 28.2 Å². The Bertz CT molecular complexity index is 334. The van der Waals surface area contributed by atoms with Gasteiger partial charge in [-0.2, -0.15) is 0 Å². The highest BCUT2D eigenvalue weighted by Crippen LogP contribution is 2.32. The normalized spacial score (nSPS) is 25.6. The molecule has 14 heavy (non-hydrogen) atoms. The van der Waals surface area contributed by atoms with Crippen LogP contribution in [-0.4, -0.2) is 11.5 Å². The van der Waals surface area contributed by atoms with Gasteiger partial charge in [-0.25, -0.2) is 0 Å². The van der Waals surface area contributed by atoms with Crippen molar-refractivity contribution in [2.75, 3.05) is 0 Å². The van der Waals surface area contributed by atoms with Gasteiger partial charge in [0.25, 0.3) is 0 Å². The first-order valence-corrected chi connectivity index (χ1v) is 5.95. The van der Waals surface area contributed by atoms with Crippen LogP contribution in [-0.2, 0) is 0 Å². The maximum absolute atomic E-state index is 5.89. The van der Waals surface area contributed by atoms with E-state index in [2.05, 4.69) is 28.9 Å². The highest BCUT2D eigenvalue weighted by Gasteiger charge is 2.29. The van der Waals surface area contributed by atoms with Gasteiger partial charge in [-0.05, 0) is 24.6 Å². The van der Waals surface area contributed by atoms with E-state index in [0.29, 0.717) is 11.5 Å². The summed E-state index contributed by atoms with van der Waals surface area (Å²) in [4.78, 5) is 0. The van der Waals surface area contributed by atoms with Crippen molar-refractivity contribution in [1.29, 1.82) is 0 Å². The van der Waals surface area contributed by atoms with Crippen molar-refractivity contribution in [3.63, 3.8) is 0 Å². The minimum Gasteiger partial charge on any atom is -0.490 e. The summed E-state index contributed by atoms with van der Waals surface area (Å²) in [6.45, 7) is 2.05. The highest BCUT2D eigenvalue weighted by atomic mass is 79.9. The minimum atomic E-state index is 0.311. The second kappa shape index (κ2) is 4.11. The minimum absolute atomic E-state index is 0.311. The van der Waals surface area contributed by atoms with Gasteiger partial charge in [-0.15, -0.1) is 11.6 Å². The van der Waals surface area contributed by atoms with Crippen LogP contribution >= 0.6 is 27.5 Å². The molecule has 76 valence electrons. The molecule has 0 radical (unpaired) electrons. The lowest BCUT2D eigenvalue weighted by atomic mass is 9.95. The standard InChI is InChI=1S/C11H12BrClO/c1-7-2-3-8(12)4-11(7)14-10-5-9(13)6-10/h2-4,9-10H,5-6H2,1H3. The predicted octanol–water partition coefficient (Wildman–Crippen LogP) is 3.91. The lowest BCUT2D eigenvalue weighted by molar-refractivity contribution is 0.123. The van der Waals surface area contributed by atoms with Crippen LogP contribution in [0, 0.1) is 6.92 Å². The van der Waals surface area contributed by atoms with E-state index in [1.54, 1.807) is 0 Å². The van der Waals surface area contributed by atoms with Crippen LogP contribution in [0.2, 0.25) is 0 Å². The molecule has 0 unspecified atom stereocenters. The second-order valence-electron chi connectivity index (χ2n) is 3.72. The van der Waals surface area contributed by atoms with Gasteiger partial charge in [0.1, 0.15) is 11.9 Å². The largest absolute Gasteiger partial charge is 0.490 e. The summed E-state index contributed by atoms with van der Waals surface area (Å²) in [5, 5.41) is 0.312. The molecular formula is C11H12BrClO. The van der Waals surface area contributed by atoms with Crippen LogP contribution in [0.15, 0.2) is 22.7 Å². The Hall–Kier alpha value is -0.210. The second-order valence-corrected chi connectivity index (χ2v) is 5.25. The smallest absolute Gasteiger partial charge is 0.123 e. The average molecular weight is 276 g/mol. The first-order chi connectivity index (χ1) is 6.65. The van der Waals surface area contributed by atoms with Gasteiger partial charge < -0.3 is 4.74 Å². The van der Waals surface area contributed by atoms with Crippen molar-refractivity contribution in [2.24, 2.45) is 0 Å². The molecule has 1 nitrogen and oxygen atoms in total. The molecule has 1 aromatic rings. The third-order valence-electron chi connectivity index (χ3n) is 2.48. The molecular weight excluding hydrogens is 263 g/mol. The zero-order valence-corrected chi connectivity index (χ0v) is 10.3. The summed E-state index contributed by atoms with van der Waals surface area (Å²) < 4.78 is 6.87. The van der Waals surface area contributed by atoms with Crippen molar-refractivity contribution in [3.8, 4) is 5.75 Å². The average Bonchev–Trinajstić information content (AvgIpc) is 2.09. The first-order valence-electron chi connectivity index (χ1n) is 4.72. The van der Waals surface area contributed by atoms with Crippen molar-refractivity contribution in [1.82, 2.24) is 0 Å². The third-order valence-corrected chi connectivity index (χ3v) is 3.33. The molecule has 0 aromatic heterocycles. The van der Waals surface area contributed by atoms with Gasteiger partial charge in [0.2, 0.25) is 0 Å². The van der Waals surface area contributed by atoms with Crippen LogP contribution in [0.5, 0.6) is 5.75 Å². The van der Waals surface area contributed by atoms with Crippen LogP contribution in [0.3, 0.4) is 0 Å². The van der Waals surface area contributed by atoms with Gasteiger partial charge in [0, 0.05) is 22.7 Å². The summed E-state index contributed by atoms with van der Waals surface area (Å²) in [7, 11) is 0. The summed E-state index contributed by atoms with van der Waals surface area (Å²) in [5.41, 5.74) is 1.17. The van der Waals surface area contributed by atoms with Crippen LogP contribution < -0.4 is 4.74 Å². The fourth-order valence-electron chi connectivity index (χ4n) is 1.48. The molecule has 1 fully saturated rings. The maximum Gasteiger partial charge on any atom is 0.123 e. The fraction of sp³-hybridized carbons (Fsp3) is 0.455. The quantitative estimate of drug-likeness (QED) is 0.744. The lowest BCUT2D eigenvalue weighted by Gasteiger charge is -2.31. The van der Waals surface area contributed by atoms with E-state index in [0.717, 1.165) is 23.1 Å². The molecule has 2 rings (SSSR count). The number of halogens is 2. The number of hydrogen-bond acceptors (Lipinski definition) is 1. The van der Waals surface area contributed by atoms with Crippen molar-refractivity contribution in [2.45, 2.75) is 31.2 Å². The summed E-state index contributed by atoms with van der Waals surface area (Å²) in [6, 6.07) is 6.08. The van der Waals surface area contributed by atoms with Gasteiger partial charge >= 0.3 is 0 Å². The monoisotopic (exact) mass is 274 g/mol. The van der Waals surface area contributed by atoms with Gasteiger partial charge in [0.05, 0.1) is 0 Å². The molecule has 1 aliphatic carbocycles. The molecule has 0 heterocycles. The third kappa shape index (κ3) is 2.23. The Morgan fingerprint density at radius 3 is 2.79 bits per heavy atom. The van der Waals surface area contributed by atoms with Gasteiger partial charge in [-0.1, -0.05) is 22.0 Å². The number of benzene rings is 1. The van der Waals surface area contributed by atoms with Gasteiger partial charge in [-0.3, -0.25) is 0 Å². The van der Waals surface area contributed by atoms with E-state index in [-0.39, 0.29) is 0 Å². The Morgan fingerprint density at radius 2 is 2.14 bits per heavy atom. The molecule has 3 heteroatoms. The molecule has 0 bridgehead atoms. The van der Waals surface area contributed by atoms with E-state index in [4.69, 9.17) is 16.3 Å². The number of ether oxygens (including phenoxy) is 1. The van der Waals surface area contributed by atoms with Crippen LogP contribution in [0.4, 0.5) is 0 Å². The van der Waals surface area contributed by atoms with E-state index in [1.807, 2.05) is 12.1 Å². The Labute approximate surface area is 97.5 Å². The van der Waals surface area contributed by atoms with E-state index >= 15 is 0 Å². The summed E-state index contributed by atoms with van der Waals surface area (Å²) >= 11 is 9.32. The molecule has 0 saturated heterocycles. The zero-order valence-electron chi connectivity index (χ0n) is 7.97. The van der Waals surface area contributed by atoms with Crippen LogP contribution in [0.25, 0.3) is 0 Å². The number of aryl methyl sites for hydroxylation is 1. The number of hydrogen-bond donors (Lipinski definition) is 0. The van der Waals surface area contributed by atoms with Crippen molar-refractivity contribution < 1.29 is 4.74 Å². The molecule has 0 atom stereocenters. The summed E-state index contributed by atoms with van der Waals surface area (Å²) in [5.74, 6) is 0.966. The molecule has 1 saturated carbocycles. The maximum atomic E-state index is 5.89. The first kappa shape index (κ1) is 10.3. The van der Waals surface area contributed by atoms with Crippen molar-refractivity contribution >= 4 is 27.5 Å². The SMILES string of the molecule is Cc1ccc(Br)cc1OC1CC(Cl)C1. The Balaban J connectivity index is 2.05. The number of alkyl halides is 1. The molecule has 0 N–H and O–H groups in total. The number of rotatable bonds is 2. The fourth-order valence-corrected chi connectivity index (χ4v) is 2.22. The van der Waals surface area contributed by atoms with Gasteiger partial charge in [0.15, 0.2) is 0 Å². The molecule has 0 aliphatic heterocycles. The Morgan fingerprint density at radius 1 is 1.43 bits per heavy atom. The highest BCUT2D eigenvalue weighted by molar-refractivity contribution is 9.10. The Kier molecular flexibility index (Phi) is 3.03. The molecule has 0 amide bonds. The van der Waals surface area contributed by atoms with Crippen LogP contribution in [0.1, 0.15) is 18.4 Å². The van der Waals surface area contributed by atoms with E-state index < -0.39 is 0 Å². The van der Waals surface area contributed by atoms with E-state index in [1.165, 1.54) is 5.56 Å². The topological polar surface area (TPSA) is 9.23 Å². The molecule has 1 aromatic carbocycles. The zero-order chi connectivity index (χ0) is 10.1. The molecule has 0 spiro atoms. The predicted molar refractivity (Wildman–Crippen MR) is 62.2 cm³/mol. The summed E-state index contributed by atoms with van der Waals surface area (Å²) in [6.07, 6.45) is 2.24.